The van der Waals surface area contributed by atoms with Crippen molar-refractivity contribution in [2.75, 3.05) is 11.9 Å². The van der Waals surface area contributed by atoms with Crippen LogP contribution < -0.4 is 20.5 Å². The molecular weight excluding hydrogens is 389 g/mol. The summed E-state index contributed by atoms with van der Waals surface area (Å²) in [6.07, 6.45) is 6.22. The van der Waals surface area contributed by atoms with E-state index >= 15 is 0 Å². The number of nitrogens with two attached hydrogens (primary N) is 1. The number of benzene rings is 1. The first-order valence-electron chi connectivity index (χ1n) is 8.86. The van der Waals surface area contributed by atoms with Crippen molar-refractivity contribution >= 4 is 49.6 Å². The SMILES string of the molecule is C=c1s/c(=C/C)c(=O)n1CCPn1cc(-c2ccccc2)c2c(N)ncnc21. The highest BCUT2D eigenvalue weighted by molar-refractivity contribution is 7.36. The normalized spacial score (nSPS) is 12.5. The number of nitrogen functional groups attached to an aromatic ring is 1. The molecule has 0 aliphatic rings. The van der Waals surface area contributed by atoms with E-state index < -0.39 is 0 Å². The first kappa shape index (κ1) is 18.6. The highest BCUT2D eigenvalue weighted by atomic mass is 32.1. The number of fused-ring (bicyclic) bond motifs is 1. The molecule has 4 aromatic rings. The second-order valence-corrected chi connectivity index (χ2v) is 8.66. The molecule has 0 fully saturated rings. The first-order chi connectivity index (χ1) is 13.6. The maximum absolute atomic E-state index is 12.4. The average molecular weight is 409 g/mol. The molecule has 0 aliphatic carbocycles. The number of nitrogens with zero attached hydrogens (tertiary/aromatic N) is 4. The molecule has 0 bridgehead atoms. The van der Waals surface area contributed by atoms with Crippen molar-refractivity contribution in [1.29, 1.82) is 0 Å². The predicted molar refractivity (Wildman–Crippen MR) is 119 cm³/mol. The van der Waals surface area contributed by atoms with Gasteiger partial charge in [0.1, 0.15) is 17.8 Å². The van der Waals surface area contributed by atoms with Crippen LogP contribution in [-0.4, -0.2) is 25.0 Å². The van der Waals surface area contributed by atoms with E-state index in [2.05, 4.69) is 39.2 Å². The second kappa shape index (κ2) is 7.70. The van der Waals surface area contributed by atoms with E-state index in [1.165, 1.54) is 17.7 Å². The number of hydrogen-bond donors (Lipinski definition) is 1. The van der Waals surface area contributed by atoms with Crippen LogP contribution in [0.15, 0.2) is 47.7 Å². The standard InChI is InChI=1S/C20H20N5OPS/c1-3-16-20(26)24(13(2)28-16)9-10-27-25-11-15(14-7-5-4-6-8-14)17-18(21)22-12-23-19(17)25/h3-8,11-12,27H,2,9-10H2,1H3,(H2,21,22,23)/b16-3+. The Hall–Kier alpha value is -2.76. The van der Waals surface area contributed by atoms with Gasteiger partial charge in [0.25, 0.3) is 5.56 Å². The summed E-state index contributed by atoms with van der Waals surface area (Å²) in [7, 11) is 0.426. The molecule has 3 heterocycles. The van der Waals surface area contributed by atoms with Gasteiger partial charge in [-0.05, 0) is 21.2 Å². The van der Waals surface area contributed by atoms with E-state index in [4.69, 9.17) is 5.73 Å². The van der Waals surface area contributed by atoms with Gasteiger partial charge >= 0.3 is 0 Å². The lowest BCUT2D eigenvalue weighted by atomic mass is 10.1. The Balaban J connectivity index is 1.67. The van der Waals surface area contributed by atoms with Crippen LogP contribution in [0.3, 0.4) is 0 Å². The Bertz CT molecular complexity index is 1310. The summed E-state index contributed by atoms with van der Waals surface area (Å²) < 4.78 is 5.39. The minimum Gasteiger partial charge on any atom is -0.383 e. The second-order valence-electron chi connectivity index (χ2n) is 6.25. The molecule has 0 saturated heterocycles. The van der Waals surface area contributed by atoms with Gasteiger partial charge in [0, 0.05) is 24.5 Å². The van der Waals surface area contributed by atoms with Gasteiger partial charge in [-0.15, -0.1) is 11.3 Å². The van der Waals surface area contributed by atoms with Crippen LogP contribution in [0.1, 0.15) is 6.92 Å². The van der Waals surface area contributed by atoms with Gasteiger partial charge < -0.3 is 10.1 Å². The van der Waals surface area contributed by atoms with Gasteiger partial charge in [0.2, 0.25) is 0 Å². The van der Waals surface area contributed by atoms with Crippen LogP contribution in [-0.2, 0) is 6.54 Å². The third-order valence-corrected chi connectivity index (χ3v) is 6.78. The molecule has 0 aliphatic heterocycles. The number of anilines is 1. The topological polar surface area (TPSA) is 78.7 Å². The molecule has 1 aromatic carbocycles. The summed E-state index contributed by atoms with van der Waals surface area (Å²) in [5, 5.41) is 0.870. The zero-order valence-corrected chi connectivity index (χ0v) is 17.2. The molecule has 1 atom stereocenters. The first-order valence-corrected chi connectivity index (χ1v) is 10.8. The molecule has 0 saturated carbocycles. The lowest BCUT2D eigenvalue weighted by Gasteiger charge is -2.05. The third-order valence-electron chi connectivity index (χ3n) is 4.56. The molecule has 3 aromatic heterocycles. The summed E-state index contributed by atoms with van der Waals surface area (Å²) in [4.78, 5) is 21.0. The Labute approximate surface area is 167 Å². The number of rotatable bonds is 5. The highest BCUT2D eigenvalue weighted by Crippen LogP contribution is 2.35. The zero-order valence-electron chi connectivity index (χ0n) is 15.4. The fraction of sp³-hybridized carbons (Fsp3) is 0.150. The van der Waals surface area contributed by atoms with Gasteiger partial charge in [-0.2, -0.15) is 0 Å². The van der Waals surface area contributed by atoms with Crippen molar-refractivity contribution in [3.05, 3.63) is 62.4 Å². The van der Waals surface area contributed by atoms with Crippen molar-refractivity contribution < 1.29 is 0 Å². The van der Waals surface area contributed by atoms with Gasteiger partial charge in [-0.1, -0.05) is 43.0 Å². The fourth-order valence-corrected chi connectivity index (χ4v) is 5.16. The largest absolute Gasteiger partial charge is 0.383 e. The van der Waals surface area contributed by atoms with E-state index in [0.717, 1.165) is 37.5 Å². The van der Waals surface area contributed by atoms with Crippen molar-refractivity contribution in [2.24, 2.45) is 0 Å². The summed E-state index contributed by atoms with van der Waals surface area (Å²) in [5.41, 5.74) is 9.13. The van der Waals surface area contributed by atoms with Gasteiger partial charge in [0.05, 0.1) is 14.6 Å². The monoisotopic (exact) mass is 409 g/mol. The van der Waals surface area contributed by atoms with Crippen molar-refractivity contribution in [2.45, 2.75) is 13.5 Å². The quantitative estimate of drug-likeness (QED) is 0.513. The Morgan fingerprint density at radius 1 is 1.29 bits per heavy atom. The number of thiazole rings is 1. The highest BCUT2D eigenvalue weighted by Gasteiger charge is 2.15. The number of aromatic nitrogens is 4. The zero-order chi connectivity index (χ0) is 19.7. The van der Waals surface area contributed by atoms with Crippen molar-refractivity contribution in [1.82, 2.24) is 18.9 Å². The van der Waals surface area contributed by atoms with Gasteiger partial charge in [-0.25, -0.2) is 9.97 Å². The van der Waals surface area contributed by atoms with Gasteiger partial charge in [0.15, 0.2) is 0 Å². The molecule has 4 rings (SSSR count). The Morgan fingerprint density at radius 3 is 2.79 bits per heavy atom. The maximum Gasteiger partial charge on any atom is 0.268 e. The van der Waals surface area contributed by atoms with Crippen LogP contribution in [0.4, 0.5) is 5.82 Å². The van der Waals surface area contributed by atoms with Crippen LogP contribution in [0.5, 0.6) is 0 Å². The lowest BCUT2D eigenvalue weighted by Crippen LogP contribution is -2.31. The van der Waals surface area contributed by atoms with E-state index in [-0.39, 0.29) is 5.56 Å². The van der Waals surface area contributed by atoms with E-state index in [9.17, 15) is 4.79 Å². The van der Waals surface area contributed by atoms with Gasteiger partial charge in [-0.3, -0.25) is 9.36 Å². The third kappa shape index (κ3) is 3.28. The molecule has 0 spiro atoms. The van der Waals surface area contributed by atoms with Crippen LogP contribution >= 0.6 is 20.1 Å². The molecule has 8 heteroatoms. The molecule has 142 valence electrons. The van der Waals surface area contributed by atoms with E-state index in [1.54, 1.807) is 4.57 Å². The summed E-state index contributed by atoms with van der Waals surface area (Å²) in [6, 6.07) is 10.1. The lowest BCUT2D eigenvalue weighted by molar-refractivity contribution is 0.729. The van der Waals surface area contributed by atoms with Crippen molar-refractivity contribution in [3.8, 4) is 11.1 Å². The summed E-state index contributed by atoms with van der Waals surface area (Å²) in [5.74, 6) is 0.477. The average Bonchev–Trinajstić information content (AvgIpc) is 3.22. The maximum atomic E-state index is 12.4. The molecule has 0 radical (unpaired) electrons. The summed E-state index contributed by atoms with van der Waals surface area (Å²) in [6.45, 7) is 6.50. The Kier molecular flexibility index (Phi) is 5.11. The molecule has 2 N–H and O–H groups in total. The summed E-state index contributed by atoms with van der Waals surface area (Å²) >= 11 is 1.44. The molecule has 28 heavy (non-hydrogen) atoms. The molecule has 6 nitrogen and oxygen atoms in total. The van der Waals surface area contributed by atoms with Crippen LogP contribution in [0, 0.1) is 0 Å². The molecule has 1 unspecified atom stereocenters. The van der Waals surface area contributed by atoms with Crippen molar-refractivity contribution in [3.63, 3.8) is 0 Å². The minimum absolute atomic E-state index is 0.0382. The van der Waals surface area contributed by atoms with E-state index in [1.807, 2.05) is 31.2 Å². The molecular formula is C20H20N5OPS. The van der Waals surface area contributed by atoms with E-state index in [0.29, 0.717) is 21.1 Å². The smallest absolute Gasteiger partial charge is 0.268 e. The fourth-order valence-electron chi connectivity index (χ4n) is 3.21. The Morgan fingerprint density at radius 2 is 2.07 bits per heavy atom. The predicted octanol–water partition coefficient (Wildman–Crippen LogP) is 2.26. The minimum atomic E-state index is 0.0382. The molecule has 0 amide bonds. The van der Waals surface area contributed by atoms with Crippen LogP contribution in [0.2, 0.25) is 0 Å². The number of hydrogen-bond acceptors (Lipinski definition) is 5. The van der Waals surface area contributed by atoms with Crippen LogP contribution in [0.25, 0.3) is 34.8 Å².